The fourth-order valence-electron chi connectivity index (χ4n) is 1.76. The van der Waals surface area contributed by atoms with Gasteiger partial charge in [-0.15, -0.1) is 0 Å². The Balaban J connectivity index is 2.82. The summed E-state index contributed by atoms with van der Waals surface area (Å²) in [5.41, 5.74) is 2.92. The Kier molecular flexibility index (Phi) is 6.35. The van der Waals surface area contributed by atoms with Gasteiger partial charge in [-0.25, -0.2) is 0 Å². The van der Waals surface area contributed by atoms with Gasteiger partial charge in [0.1, 0.15) is 5.75 Å². The van der Waals surface area contributed by atoms with Crippen LogP contribution in [0.3, 0.4) is 0 Å². The molecule has 0 aliphatic carbocycles. The molecule has 19 heavy (non-hydrogen) atoms. The molecule has 1 amide bonds. The molecule has 1 N–H and O–H groups in total. The summed E-state index contributed by atoms with van der Waals surface area (Å²) in [5, 5.41) is 2.93. The normalized spacial score (nSPS) is 12.1. The van der Waals surface area contributed by atoms with Gasteiger partial charge < -0.3 is 10.1 Å². The number of amides is 1. The number of benzene rings is 1. The second-order valence-electron chi connectivity index (χ2n) is 4.74. The third-order valence-corrected chi connectivity index (χ3v) is 3.30. The van der Waals surface area contributed by atoms with Crippen molar-refractivity contribution in [3.63, 3.8) is 0 Å². The molecule has 0 bridgehead atoms. The van der Waals surface area contributed by atoms with E-state index < -0.39 is 0 Å². The van der Waals surface area contributed by atoms with E-state index in [-0.39, 0.29) is 10.7 Å². The molecule has 0 saturated heterocycles. The molecule has 106 valence electrons. The lowest BCUT2D eigenvalue weighted by molar-refractivity contribution is -0.115. The smallest absolute Gasteiger partial charge is 0.237 e. The molecular formula is C15H22BrNO2. The van der Waals surface area contributed by atoms with Crippen LogP contribution >= 0.6 is 15.9 Å². The number of hydrogen-bond acceptors (Lipinski definition) is 2. The van der Waals surface area contributed by atoms with Gasteiger partial charge in [0.2, 0.25) is 5.91 Å². The fraction of sp³-hybridized carbons (Fsp3) is 0.533. The van der Waals surface area contributed by atoms with Crippen LogP contribution in [-0.2, 0) is 4.79 Å². The van der Waals surface area contributed by atoms with Gasteiger partial charge in [-0.3, -0.25) is 4.79 Å². The summed E-state index contributed by atoms with van der Waals surface area (Å²) in [7, 11) is 0. The lowest BCUT2D eigenvalue weighted by Gasteiger charge is -2.15. The number of alkyl halides is 1. The zero-order valence-corrected chi connectivity index (χ0v) is 13.6. The van der Waals surface area contributed by atoms with Gasteiger partial charge in [-0.2, -0.15) is 0 Å². The van der Waals surface area contributed by atoms with Crippen molar-refractivity contribution in [3.8, 4) is 5.75 Å². The van der Waals surface area contributed by atoms with Gasteiger partial charge in [0, 0.05) is 5.69 Å². The molecule has 1 atom stereocenters. The van der Waals surface area contributed by atoms with Gasteiger partial charge in [0.15, 0.2) is 0 Å². The summed E-state index contributed by atoms with van der Waals surface area (Å²) < 4.78 is 5.69. The van der Waals surface area contributed by atoms with Crippen LogP contribution in [0, 0.1) is 13.8 Å². The topological polar surface area (TPSA) is 38.3 Å². The van der Waals surface area contributed by atoms with Crippen molar-refractivity contribution in [3.05, 3.63) is 23.3 Å². The van der Waals surface area contributed by atoms with Crippen LogP contribution < -0.4 is 10.1 Å². The van der Waals surface area contributed by atoms with Crippen molar-refractivity contribution in [2.45, 2.75) is 45.4 Å². The van der Waals surface area contributed by atoms with Gasteiger partial charge in [-0.05, 0) is 50.5 Å². The van der Waals surface area contributed by atoms with Gasteiger partial charge in [0.25, 0.3) is 0 Å². The maximum Gasteiger partial charge on any atom is 0.237 e. The number of carbonyl (C=O) groups excluding carboxylic acids is 1. The molecule has 3 nitrogen and oxygen atoms in total. The second kappa shape index (κ2) is 7.53. The van der Waals surface area contributed by atoms with Crippen LogP contribution in [0.25, 0.3) is 0 Å². The maximum absolute atomic E-state index is 11.7. The molecule has 0 heterocycles. The Morgan fingerprint density at radius 1 is 1.37 bits per heavy atom. The number of rotatable bonds is 6. The number of aryl methyl sites for hydroxylation is 2. The Hall–Kier alpha value is -1.03. The molecule has 0 saturated carbocycles. The molecule has 0 spiro atoms. The van der Waals surface area contributed by atoms with Crippen LogP contribution in [0.15, 0.2) is 12.1 Å². The predicted octanol–water partition coefficient (Wildman–Crippen LogP) is 4.20. The molecule has 1 aromatic carbocycles. The molecule has 1 aromatic rings. The van der Waals surface area contributed by atoms with Crippen molar-refractivity contribution in [1.82, 2.24) is 0 Å². The SMILES string of the molecule is CCCCOc1cc(C)c(NC(=O)C(C)Br)c(C)c1. The molecular weight excluding hydrogens is 306 g/mol. The standard InChI is InChI=1S/C15H22BrNO2/c1-5-6-7-19-13-8-10(2)14(11(3)9-13)17-15(18)12(4)16/h8-9,12H,5-7H2,1-4H3,(H,17,18). The summed E-state index contributed by atoms with van der Waals surface area (Å²) in [6.07, 6.45) is 2.17. The zero-order valence-electron chi connectivity index (χ0n) is 12.0. The van der Waals surface area contributed by atoms with Crippen LogP contribution in [0.2, 0.25) is 0 Å². The maximum atomic E-state index is 11.7. The number of halogens is 1. The van der Waals surface area contributed by atoms with Crippen molar-refractivity contribution < 1.29 is 9.53 Å². The quantitative estimate of drug-likeness (QED) is 0.628. The zero-order chi connectivity index (χ0) is 14.4. The number of unbranched alkanes of at least 4 members (excludes halogenated alkanes) is 1. The highest BCUT2D eigenvalue weighted by molar-refractivity contribution is 9.10. The molecule has 1 unspecified atom stereocenters. The van der Waals surface area contributed by atoms with E-state index in [4.69, 9.17) is 4.74 Å². The van der Waals surface area contributed by atoms with Gasteiger partial charge in [-0.1, -0.05) is 29.3 Å². The van der Waals surface area contributed by atoms with Crippen LogP contribution in [-0.4, -0.2) is 17.3 Å². The molecule has 4 heteroatoms. The van der Waals surface area contributed by atoms with E-state index >= 15 is 0 Å². The second-order valence-corrected chi connectivity index (χ2v) is 6.11. The number of anilines is 1. The van der Waals surface area contributed by atoms with Crippen LogP contribution in [0.4, 0.5) is 5.69 Å². The lowest BCUT2D eigenvalue weighted by atomic mass is 10.1. The predicted molar refractivity (Wildman–Crippen MR) is 83.3 cm³/mol. The van der Waals surface area contributed by atoms with Crippen LogP contribution in [0.1, 0.15) is 37.8 Å². The summed E-state index contributed by atoms with van der Waals surface area (Å²) in [6, 6.07) is 3.94. The summed E-state index contributed by atoms with van der Waals surface area (Å²) in [6.45, 7) is 8.64. The Morgan fingerprint density at radius 3 is 2.42 bits per heavy atom. The third kappa shape index (κ3) is 4.86. The third-order valence-electron chi connectivity index (χ3n) is 2.88. The van der Waals surface area contributed by atoms with E-state index in [1.54, 1.807) is 0 Å². The van der Waals surface area contributed by atoms with E-state index in [2.05, 4.69) is 28.2 Å². The first kappa shape index (κ1) is 16.0. The minimum atomic E-state index is -0.202. The molecule has 0 aliphatic rings. The molecule has 0 fully saturated rings. The van der Waals surface area contributed by atoms with Crippen molar-refractivity contribution in [2.24, 2.45) is 0 Å². The molecule has 0 aliphatic heterocycles. The Bertz CT molecular complexity index is 421. The molecule has 0 aromatic heterocycles. The lowest BCUT2D eigenvalue weighted by Crippen LogP contribution is -2.21. The first-order chi connectivity index (χ1) is 8.95. The van der Waals surface area contributed by atoms with Gasteiger partial charge in [0.05, 0.1) is 11.4 Å². The Labute approximate surface area is 123 Å². The summed E-state index contributed by atoms with van der Waals surface area (Å²) in [5.74, 6) is 0.833. The van der Waals surface area contributed by atoms with Crippen LogP contribution in [0.5, 0.6) is 5.75 Å². The monoisotopic (exact) mass is 327 g/mol. The number of hydrogen-bond donors (Lipinski definition) is 1. The summed E-state index contributed by atoms with van der Waals surface area (Å²) in [4.78, 5) is 11.5. The summed E-state index contributed by atoms with van der Waals surface area (Å²) >= 11 is 3.27. The van der Waals surface area contributed by atoms with E-state index in [1.807, 2.05) is 32.9 Å². The minimum Gasteiger partial charge on any atom is -0.494 e. The molecule has 1 rings (SSSR count). The van der Waals surface area contributed by atoms with E-state index in [0.29, 0.717) is 0 Å². The molecule has 0 radical (unpaired) electrons. The van der Waals surface area contributed by atoms with Crippen molar-refractivity contribution >= 4 is 27.5 Å². The van der Waals surface area contributed by atoms with Crippen molar-refractivity contribution in [1.29, 1.82) is 0 Å². The first-order valence-corrected chi connectivity index (χ1v) is 7.56. The van der Waals surface area contributed by atoms with Crippen molar-refractivity contribution in [2.75, 3.05) is 11.9 Å². The van der Waals surface area contributed by atoms with E-state index in [0.717, 1.165) is 42.0 Å². The number of carbonyl (C=O) groups is 1. The largest absolute Gasteiger partial charge is 0.494 e. The highest BCUT2D eigenvalue weighted by Crippen LogP contribution is 2.27. The highest BCUT2D eigenvalue weighted by atomic mass is 79.9. The Morgan fingerprint density at radius 2 is 1.95 bits per heavy atom. The number of nitrogens with one attached hydrogen (secondary N) is 1. The first-order valence-electron chi connectivity index (χ1n) is 6.64. The number of ether oxygens (including phenoxy) is 1. The average molecular weight is 328 g/mol. The average Bonchev–Trinajstić information content (AvgIpc) is 2.33. The van der Waals surface area contributed by atoms with E-state index in [9.17, 15) is 4.79 Å². The van der Waals surface area contributed by atoms with Gasteiger partial charge >= 0.3 is 0 Å². The van der Waals surface area contributed by atoms with E-state index in [1.165, 1.54) is 0 Å². The fourth-order valence-corrected chi connectivity index (χ4v) is 1.88. The highest BCUT2D eigenvalue weighted by Gasteiger charge is 2.13. The minimum absolute atomic E-state index is 0.0362.